The number of rotatable bonds is 3. The number of nitrogens with zero attached hydrogens (tertiary/aromatic N) is 2. The van der Waals surface area contributed by atoms with Crippen molar-refractivity contribution in [3.05, 3.63) is 18.0 Å². The van der Waals surface area contributed by atoms with Gasteiger partial charge < -0.3 is 5.32 Å². The summed E-state index contributed by atoms with van der Waals surface area (Å²) in [6, 6.07) is 2.85. The van der Waals surface area contributed by atoms with Crippen molar-refractivity contribution in [2.75, 3.05) is 6.54 Å². The maximum atomic E-state index is 4.18. The van der Waals surface area contributed by atoms with Gasteiger partial charge in [-0.1, -0.05) is 6.42 Å². The smallest absolute Gasteiger partial charge is 0.0492 e. The average molecular weight is 193 g/mol. The van der Waals surface area contributed by atoms with E-state index in [9.17, 15) is 0 Å². The van der Waals surface area contributed by atoms with Crippen molar-refractivity contribution in [3.8, 4) is 0 Å². The summed E-state index contributed by atoms with van der Waals surface area (Å²) in [5.74, 6) is 0. The molecule has 1 aliphatic heterocycles. The molecule has 0 radical (unpaired) electrons. The minimum Gasteiger partial charge on any atom is -0.314 e. The van der Waals surface area contributed by atoms with Gasteiger partial charge in [0.1, 0.15) is 0 Å². The zero-order valence-electron chi connectivity index (χ0n) is 8.87. The molecule has 3 nitrogen and oxygen atoms in total. The van der Waals surface area contributed by atoms with E-state index in [-0.39, 0.29) is 0 Å². The second-order valence-corrected chi connectivity index (χ2v) is 4.13. The first-order valence-electron chi connectivity index (χ1n) is 5.56. The standard InChI is InChI=1S/C11H19N3/c1-14-11(7-9-13-14)6-5-10-4-2-3-8-12-10/h7,9-10,12H,2-6,8H2,1H3. The van der Waals surface area contributed by atoms with Gasteiger partial charge in [-0.05, 0) is 38.3 Å². The lowest BCUT2D eigenvalue weighted by molar-refractivity contribution is 0.380. The Hall–Kier alpha value is -0.830. The first-order chi connectivity index (χ1) is 6.86. The molecule has 0 bridgehead atoms. The largest absolute Gasteiger partial charge is 0.314 e. The fourth-order valence-electron chi connectivity index (χ4n) is 2.14. The van der Waals surface area contributed by atoms with Crippen molar-refractivity contribution >= 4 is 0 Å². The van der Waals surface area contributed by atoms with Crippen LogP contribution in [0.5, 0.6) is 0 Å². The van der Waals surface area contributed by atoms with E-state index < -0.39 is 0 Å². The van der Waals surface area contributed by atoms with E-state index in [0.29, 0.717) is 0 Å². The highest BCUT2D eigenvalue weighted by molar-refractivity contribution is 5.00. The van der Waals surface area contributed by atoms with Crippen LogP contribution < -0.4 is 5.32 Å². The van der Waals surface area contributed by atoms with Crippen LogP contribution in [0.3, 0.4) is 0 Å². The fraction of sp³-hybridized carbons (Fsp3) is 0.727. The maximum absolute atomic E-state index is 4.18. The molecule has 0 amide bonds. The predicted octanol–water partition coefficient (Wildman–Crippen LogP) is 1.49. The second kappa shape index (κ2) is 4.60. The first-order valence-corrected chi connectivity index (χ1v) is 5.56. The van der Waals surface area contributed by atoms with Gasteiger partial charge >= 0.3 is 0 Å². The van der Waals surface area contributed by atoms with Gasteiger partial charge in [0.05, 0.1) is 0 Å². The summed E-state index contributed by atoms with van der Waals surface area (Å²) in [5, 5.41) is 7.75. The Morgan fingerprint density at radius 1 is 1.57 bits per heavy atom. The van der Waals surface area contributed by atoms with Crippen molar-refractivity contribution in [1.82, 2.24) is 15.1 Å². The van der Waals surface area contributed by atoms with Crippen LogP contribution in [0.1, 0.15) is 31.4 Å². The minimum atomic E-state index is 0.735. The number of aromatic nitrogens is 2. The third kappa shape index (κ3) is 2.35. The van der Waals surface area contributed by atoms with Crippen molar-refractivity contribution in [2.24, 2.45) is 7.05 Å². The van der Waals surface area contributed by atoms with Crippen LogP contribution in [0.25, 0.3) is 0 Å². The summed E-state index contributed by atoms with van der Waals surface area (Å²) in [4.78, 5) is 0. The Morgan fingerprint density at radius 2 is 2.50 bits per heavy atom. The number of hydrogen-bond donors (Lipinski definition) is 1. The van der Waals surface area contributed by atoms with Crippen LogP contribution in [0.2, 0.25) is 0 Å². The quantitative estimate of drug-likeness (QED) is 0.788. The molecule has 1 fully saturated rings. The molecule has 2 rings (SSSR count). The molecule has 1 unspecified atom stereocenters. The number of aryl methyl sites for hydroxylation is 2. The normalized spacial score (nSPS) is 22.5. The Kier molecular flexibility index (Phi) is 3.19. The second-order valence-electron chi connectivity index (χ2n) is 4.13. The predicted molar refractivity (Wildman–Crippen MR) is 57.2 cm³/mol. The van der Waals surface area contributed by atoms with Gasteiger partial charge in [0.25, 0.3) is 0 Å². The van der Waals surface area contributed by atoms with E-state index in [2.05, 4.69) is 16.5 Å². The van der Waals surface area contributed by atoms with Crippen LogP contribution in [0.15, 0.2) is 12.3 Å². The first kappa shape index (κ1) is 9.71. The SMILES string of the molecule is Cn1nccc1CCC1CCCCN1. The van der Waals surface area contributed by atoms with Crippen LogP contribution in [-0.2, 0) is 13.5 Å². The van der Waals surface area contributed by atoms with Crippen LogP contribution in [0.4, 0.5) is 0 Å². The summed E-state index contributed by atoms with van der Waals surface area (Å²) in [6.45, 7) is 1.20. The fourth-order valence-corrected chi connectivity index (χ4v) is 2.14. The highest BCUT2D eigenvalue weighted by atomic mass is 15.2. The van der Waals surface area contributed by atoms with Gasteiger partial charge in [-0.3, -0.25) is 4.68 Å². The van der Waals surface area contributed by atoms with E-state index in [1.165, 1.54) is 37.9 Å². The molecule has 0 saturated carbocycles. The minimum absolute atomic E-state index is 0.735. The lowest BCUT2D eigenvalue weighted by Gasteiger charge is -2.23. The van der Waals surface area contributed by atoms with Crippen molar-refractivity contribution in [2.45, 2.75) is 38.1 Å². The number of piperidine rings is 1. The molecule has 2 heterocycles. The molecule has 78 valence electrons. The topological polar surface area (TPSA) is 29.9 Å². The van der Waals surface area contributed by atoms with Crippen molar-refractivity contribution in [3.63, 3.8) is 0 Å². The molecule has 14 heavy (non-hydrogen) atoms. The average Bonchev–Trinajstić information content (AvgIpc) is 2.63. The number of hydrogen-bond acceptors (Lipinski definition) is 2. The van der Waals surface area contributed by atoms with Crippen LogP contribution >= 0.6 is 0 Å². The molecule has 1 N–H and O–H groups in total. The Labute approximate surface area is 85.5 Å². The van der Waals surface area contributed by atoms with E-state index >= 15 is 0 Å². The summed E-state index contributed by atoms with van der Waals surface area (Å²) in [6.07, 6.45) is 8.36. The molecule has 1 aliphatic rings. The van der Waals surface area contributed by atoms with Gasteiger partial charge in [0, 0.05) is 25.0 Å². The van der Waals surface area contributed by atoms with E-state index in [4.69, 9.17) is 0 Å². The highest BCUT2D eigenvalue weighted by Gasteiger charge is 2.12. The Bertz CT molecular complexity index is 274. The summed E-state index contributed by atoms with van der Waals surface area (Å²) < 4.78 is 1.98. The zero-order chi connectivity index (χ0) is 9.80. The molecule has 1 aromatic rings. The summed E-state index contributed by atoms with van der Waals surface area (Å²) in [5.41, 5.74) is 1.34. The molecule has 1 aromatic heterocycles. The van der Waals surface area contributed by atoms with Gasteiger partial charge in [0.15, 0.2) is 0 Å². The molecule has 0 spiro atoms. The maximum Gasteiger partial charge on any atom is 0.0492 e. The van der Waals surface area contributed by atoms with Gasteiger partial charge in [0.2, 0.25) is 0 Å². The van der Waals surface area contributed by atoms with Crippen LogP contribution in [-0.4, -0.2) is 22.4 Å². The van der Waals surface area contributed by atoms with Gasteiger partial charge in [-0.2, -0.15) is 5.10 Å². The van der Waals surface area contributed by atoms with E-state index in [0.717, 1.165) is 12.5 Å². The van der Waals surface area contributed by atoms with Crippen molar-refractivity contribution < 1.29 is 0 Å². The van der Waals surface area contributed by atoms with Crippen LogP contribution in [0, 0.1) is 0 Å². The van der Waals surface area contributed by atoms with Gasteiger partial charge in [-0.25, -0.2) is 0 Å². The lowest BCUT2D eigenvalue weighted by Crippen LogP contribution is -2.34. The molecular weight excluding hydrogens is 174 g/mol. The third-order valence-electron chi connectivity index (χ3n) is 3.08. The third-order valence-corrected chi connectivity index (χ3v) is 3.08. The molecule has 3 heteroatoms. The molecule has 0 aromatic carbocycles. The zero-order valence-corrected chi connectivity index (χ0v) is 8.87. The Balaban J connectivity index is 1.79. The highest BCUT2D eigenvalue weighted by Crippen LogP contribution is 2.12. The van der Waals surface area contributed by atoms with Crippen molar-refractivity contribution in [1.29, 1.82) is 0 Å². The Morgan fingerprint density at radius 3 is 3.14 bits per heavy atom. The monoisotopic (exact) mass is 193 g/mol. The lowest BCUT2D eigenvalue weighted by atomic mass is 10.00. The number of nitrogens with one attached hydrogen (secondary N) is 1. The van der Waals surface area contributed by atoms with E-state index in [1.54, 1.807) is 0 Å². The summed E-state index contributed by atoms with van der Waals surface area (Å²) >= 11 is 0. The molecule has 1 saturated heterocycles. The summed E-state index contributed by atoms with van der Waals surface area (Å²) in [7, 11) is 2.02. The molecular formula is C11H19N3. The molecule has 0 aliphatic carbocycles. The van der Waals surface area contributed by atoms with Gasteiger partial charge in [-0.15, -0.1) is 0 Å². The van der Waals surface area contributed by atoms with E-state index in [1.807, 2.05) is 17.9 Å². The molecule has 1 atom stereocenters.